The number of benzene rings is 1. The Labute approximate surface area is 107 Å². The average Bonchev–Trinajstić information content (AvgIpc) is 2.28. The van der Waals surface area contributed by atoms with Crippen molar-refractivity contribution in [2.45, 2.75) is 19.5 Å². The molecule has 1 rings (SSSR count). The number of amides is 1. The predicted molar refractivity (Wildman–Crippen MR) is 61.5 cm³/mol. The number of carbonyl (C=O) groups is 2. The summed E-state index contributed by atoms with van der Waals surface area (Å²) in [6.45, 7) is 1.50. The van der Waals surface area contributed by atoms with Crippen LogP contribution in [-0.2, 0) is 15.8 Å². The molecule has 0 fully saturated rings. The van der Waals surface area contributed by atoms with Gasteiger partial charge in [0.05, 0.1) is 5.56 Å². The van der Waals surface area contributed by atoms with Gasteiger partial charge in [0.2, 0.25) is 5.91 Å². The number of alkyl halides is 3. The third kappa shape index (κ3) is 3.97. The van der Waals surface area contributed by atoms with Crippen molar-refractivity contribution in [1.82, 2.24) is 0 Å². The molecule has 0 aliphatic heterocycles. The first-order valence-electron chi connectivity index (χ1n) is 5.46. The molecule has 0 aliphatic rings. The number of aliphatic carboxylic acids is 1. The number of hydrogen-bond donors (Lipinski definition) is 2. The summed E-state index contributed by atoms with van der Waals surface area (Å²) in [5.74, 6) is -3.43. The van der Waals surface area contributed by atoms with E-state index in [1.54, 1.807) is 0 Å². The van der Waals surface area contributed by atoms with E-state index in [1.807, 2.05) is 0 Å². The molecule has 1 unspecified atom stereocenters. The van der Waals surface area contributed by atoms with Crippen LogP contribution in [-0.4, -0.2) is 17.0 Å². The van der Waals surface area contributed by atoms with Crippen LogP contribution in [0.25, 0.3) is 0 Å². The van der Waals surface area contributed by atoms with Gasteiger partial charge in [-0.05, 0) is 24.6 Å². The topological polar surface area (TPSA) is 66.4 Å². The van der Waals surface area contributed by atoms with Crippen LogP contribution in [0.1, 0.15) is 18.9 Å². The third-order valence-corrected chi connectivity index (χ3v) is 2.48. The van der Waals surface area contributed by atoms with Gasteiger partial charge in [-0.25, -0.2) is 0 Å². The fraction of sp³-hybridized carbons (Fsp3) is 0.333. The Morgan fingerprint density at radius 3 is 2.47 bits per heavy atom. The average molecular weight is 275 g/mol. The molecule has 1 atom stereocenters. The Morgan fingerprint density at radius 2 is 2.00 bits per heavy atom. The molecule has 19 heavy (non-hydrogen) atoms. The van der Waals surface area contributed by atoms with Crippen molar-refractivity contribution < 1.29 is 27.9 Å². The maximum atomic E-state index is 12.5. The van der Waals surface area contributed by atoms with E-state index in [4.69, 9.17) is 5.11 Å². The van der Waals surface area contributed by atoms with Gasteiger partial charge in [0.15, 0.2) is 0 Å². The van der Waals surface area contributed by atoms with Crippen LogP contribution in [0.4, 0.5) is 18.9 Å². The second-order valence-electron chi connectivity index (χ2n) is 3.87. The summed E-state index contributed by atoms with van der Waals surface area (Å²) < 4.78 is 37.4. The molecule has 104 valence electrons. The molecular formula is C12H12F3NO3. The molecule has 0 radical (unpaired) electrons. The summed E-state index contributed by atoms with van der Waals surface area (Å²) in [5.41, 5.74) is -0.992. The van der Waals surface area contributed by atoms with Crippen LogP contribution in [0.3, 0.4) is 0 Å². The zero-order chi connectivity index (χ0) is 14.6. The summed E-state index contributed by atoms with van der Waals surface area (Å²) >= 11 is 0. The minimum Gasteiger partial charge on any atom is -0.481 e. The summed E-state index contributed by atoms with van der Waals surface area (Å²) in [7, 11) is 0. The van der Waals surface area contributed by atoms with Crippen molar-refractivity contribution in [1.29, 1.82) is 0 Å². The van der Waals surface area contributed by atoms with Crippen LogP contribution in [0, 0.1) is 5.92 Å². The quantitative estimate of drug-likeness (QED) is 0.830. The molecule has 0 saturated carbocycles. The van der Waals surface area contributed by atoms with Crippen molar-refractivity contribution in [2.75, 3.05) is 5.32 Å². The predicted octanol–water partition coefficient (Wildman–Crippen LogP) is 2.75. The molecule has 0 aromatic heterocycles. The summed E-state index contributed by atoms with van der Waals surface area (Å²) in [6, 6.07) is 4.03. The van der Waals surface area contributed by atoms with E-state index in [9.17, 15) is 22.8 Å². The van der Waals surface area contributed by atoms with Crippen LogP contribution >= 0.6 is 0 Å². The highest BCUT2D eigenvalue weighted by atomic mass is 19.4. The second-order valence-corrected chi connectivity index (χ2v) is 3.87. The van der Waals surface area contributed by atoms with Gasteiger partial charge in [0, 0.05) is 5.69 Å². The molecule has 4 nitrogen and oxygen atoms in total. The third-order valence-electron chi connectivity index (χ3n) is 2.48. The smallest absolute Gasteiger partial charge is 0.416 e. The van der Waals surface area contributed by atoms with Gasteiger partial charge >= 0.3 is 12.1 Å². The Morgan fingerprint density at radius 1 is 1.37 bits per heavy atom. The summed E-state index contributed by atoms with van der Waals surface area (Å²) in [5, 5.41) is 10.9. The monoisotopic (exact) mass is 275 g/mol. The van der Waals surface area contributed by atoms with Gasteiger partial charge in [-0.3, -0.25) is 9.59 Å². The highest BCUT2D eigenvalue weighted by molar-refractivity contribution is 6.04. The van der Waals surface area contributed by atoms with Gasteiger partial charge in [0.25, 0.3) is 0 Å². The lowest BCUT2D eigenvalue weighted by Gasteiger charge is -2.12. The van der Waals surface area contributed by atoms with Gasteiger partial charge in [-0.2, -0.15) is 13.2 Å². The van der Waals surface area contributed by atoms with E-state index in [1.165, 1.54) is 13.0 Å². The molecule has 7 heteroatoms. The van der Waals surface area contributed by atoms with Crippen molar-refractivity contribution in [2.24, 2.45) is 5.92 Å². The number of carboxylic acid groups (broad SMARTS) is 1. The molecule has 1 amide bonds. The van der Waals surface area contributed by atoms with Crippen LogP contribution in [0.5, 0.6) is 0 Å². The van der Waals surface area contributed by atoms with Gasteiger partial charge in [-0.15, -0.1) is 0 Å². The molecule has 0 heterocycles. The minimum atomic E-state index is -4.52. The normalized spacial score (nSPS) is 12.8. The van der Waals surface area contributed by atoms with E-state index < -0.39 is 29.5 Å². The summed E-state index contributed by atoms with van der Waals surface area (Å²) in [6.07, 6.45) is -4.46. The zero-order valence-corrected chi connectivity index (χ0v) is 9.99. The van der Waals surface area contributed by atoms with Crippen LogP contribution in [0.2, 0.25) is 0 Å². The Balaban J connectivity index is 2.89. The van der Waals surface area contributed by atoms with Crippen molar-refractivity contribution in [3.05, 3.63) is 29.8 Å². The van der Waals surface area contributed by atoms with Crippen LogP contribution in [0.15, 0.2) is 24.3 Å². The Hall–Kier alpha value is -2.05. The van der Waals surface area contributed by atoms with Crippen molar-refractivity contribution >= 4 is 17.6 Å². The first-order valence-corrected chi connectivity index (χ1v) is 5.46. The zero-order valence-electron chi connectivity index (χ0n) is 9.99. The number of rotatable bonds is 4. The number of carbonyl (C=O) groups excluding carboxylic acids is 1. The maximum absolute atomic E-state index is 12.5. The lowest BCUT2D eigenvalue weighted by molar-refractivity contribution is -0.145. The lowest BCUT2D eigenvalue weighted by Crippen LogP contribution is -2.29. The van der Waals surface area contributed by atoms with E-state index in [0.29, 0.717) is 0 Å². The Kier molecular flexibility index (Phi) is 4.52. The number of anilines is 1. The molecule has 1 aromatic carbocycles. The molecule has 0 spiro atoms. The van der Waals surface area contributed by atoms with E-state index in [0.717, 1.165) is 18.2 Å². The van der Waals surface area contributed by atoms with E-state index in [-0.39, 0.29) is 12.1 Å². The molecule has 1 aromatic rings. The molecule has 0 aliphatic carbocycles. The number of halogens is 3. The highest BCUT2D eigenvalue weighted by Gasteiger charge is 2.31. The van der Waals surface area contributed by atoms with Gasteiger partial charge in [0.1, 0.15) is 5.92 Å². The van der Waals surface area contributed by atoms with Crippen molar-refractivity contribution in [3.8, 4) is 0 Å². The summed E-state index contributed by atoms with van der Waals surface area (Å²) in [4.78, 5) is 22.3. The highest BCUT2D eigenvalue weighted by Crippen LogP contribution is 2.30. The second kappa shape index (κ2) is 5.73. The van der Waals surface area contributed by atoms with Gasteiger partial charge < -0.3 is 10.4 Å². The van der Waals surface area contributed by atoms with E-state index >= 15 is 0 Å². The molecular weight excluding hydrogens is 263 g/mol. The van der Waals surface area contributed by atoms with E-state index in [2.05, 4.69) is 5.32 Å². The number of hydrogen-bond acceptors (Lipinski definition) is 2. The standard InChI is InChI=1S/C12H12F3NO3/c1-2-9(11(18)19)10(17)16-8-5-3-4-7(6-8)12(13,14)15/h3-6,9H,2H2,1H3,(H,16,17)(H,18,19). The minimum absolute atomic E-state index is 0.0557. The van der Waals surface area contributed by atoms with Crippen molar-refractivity contribution in [3.63, 3.8) is 0 Å². The molecule has 0 saturated heterocycles. The lowest BCUT2D eigenvalue weighted by atomic mass is 10.1. The number of nitrogens with one attached hydrogen (secondary N) is 1. The molecule has 0 bridgehead atoms. The fourth-order valence-corrected chi connectivity index (χ4v) is 1.47. The first-order chi connectivity index (χ1) is 8.75. The van der Waals surface area contributed by atoms with Crippen LogP contribution < -0.4 is 5.32 Å². The fourth-order valence-electron chi connectivity index (χ4n) is 1.47. The first kappa shape index (κ1) is 15.0. The molecule has 2 N–H and O–H groups in total. The van der Waals surface area contributed by atoms with Gasteiger partial charge in [-0.1, -0.05) is 13.0 Å². The SMILES string of the molecule is CCC(C(=O)O)C(=O)Nc1cccc(C(F)(F)F)c1. The largest absolute Gasteiger partial charge is 0.481 e. The maximum Gasteiger partial charge on any atom is 0.416 e. The number of carboxylic acids is 1. The Bertz CT molecular complexity index is 485.